The van der Waals surface area contributed by atoms with Gasteiger partial charge in [-0.15, -0.1) is 17.7 Å². The van der Waals surface area contributed by atoms with Crippen LogP contribution in [0.3, 0.4) is 0 Å². The van der Waals surface area contributed by atoms with Gasteiger partial charge in [0.2, 0.25) is 5.16 Å². The number of halogens is 2. The van der Waals surface area contributed by atoms with Gasteiger partial charge in [0.15, 0.2) is 0 Å². The summed E-state index contributed by atoms with van der Waals surface area (Å²) in [4.78, 5) is 0. The molecule has 1 heterocycles. The number of benzene rings is 1. The zero-order valence-corrected chi connectivity index (χ0v) is 11.3. The summed E-state index contributed by atoms with van der Waals surface area (Å²) in [7, 11) is 4.81. The maximum absolute atomic E-state index is 9.16. The van der Waals surface area contributed by atoms with Crippen molar-refractivity contribution >= 4 is 42.3 Å². The normalized spacial score (nSPS) is 10.5. The molecule has 0 aliphatic carbocycles. The molecule has 10 heteroatoms. The van der Waals surface area contributed by atoms with Gasteiger partial charge in [-0.1, -0.05) is 18.2 Å². The summed E-state index contributed by atoms with van der Waals surface area (Å²) < 4.78 is 19.9. The Labute approximate surface area is 112 Å². The molecule has 1 aromatic heterocycles. The van der Waals surface area contributed by atoms with Gasteiger partial charge in [-0.2, -0.15) is 13.1 Å². The lowest BCUT2D eigenvalue weighted by Gasteiger charge is -1.98. The first-order valence-electron chi connectivity index (χ1n) is 4.05. The Hall–Kier alpha value is -0.830. The molecule has 0 aliphatic rings. The number of aromatic nitrogens is 4. The molecule has 0 aliphatic heterocycles. The van der Waals surface area contributed by atoms with Gasteiger partial charge in [-0.25, -0.2) is 0 Å². The maximum atomic E-state index is 9.16. The van der Waals surface area contributed by atoms with E-state index in [1.54, 1.807) is 4.68 Å². The van der Waals surface area contributed by atoms with Gasteiger partial charge in [-0.05, 0) is 22.6 Å². The summed E-state index contributed by atoms with van der Waals surface area (Å²) in [6, 6.07) is 9.60. The minimum atomic E-state index is -3.72. The van der Waals surface area contributed by atoms with Crippen LogP contribution in [0.5, 0.6) is 0 Å². The van der Waals surface area contributed by atoms with Crippen molar-refractivity contribution in [3.8, 4) is 5.69 Å². The highest BCUT2D eigenvalue weighted by atomic mass is 36.0. The molecule has 0 spiro atoms. The zero-order chi connectivity index (χ0) is 12.9. The number of hydrogen-bond acceptors (Lipinski definition) is 6. The maximum Gasteiger partial charge on any atom is 0.317 e. The molecular formula is C7H6Cl2N4O2S2. The first-order chi connectivity index (χ1) is 7.88. The van der Waals surface area contributed by atoms with E-state index in [1.807, 2.05) is 30.3 Å². The molecule has 6 nitrogen and oxygen atoms in total. The van der Waals surface area contributed by atoms with Crippen LogP contribution in [-0.2, 0) is 8.26 Å². The minimum absolute atomic E-state index is 0.487. The minimum Gasteiger partial charge on any atom is -0.195 e. The highest BCUT2D eigenvalue weighted by Gasteiger charge is 2.01. The number of thiol groups is 1. The average molecular weight is 313 g/mol. The van der Waals surface area contributed by atoms with Gasteiger partial charge in [0.25, 0.3) is 0 Å². The SMILES string of the molecule is O=S(=O)(Cl)Cl.Sc1nnnn1-c1ccccc1. The molecule has 0 saturated heterocycles. The topological polar surface area (TPSA) is 77.7 Å². The van der Waals surface area contributed by atoms with Crippen molar-refractivity contribution < 1.29 is 8.42 Å². The third-order valence-electron chi connectivity index (χ3n) is 1.45. The second kappa shape index (κ2) is 6.20. The molecular weight excluding hydrogens is 307 g/mol. The average Bonchev–Trinajstić information content (AvgIpc) is 2.63. The summed E-state index contributed by atoms with van der Waals surface area (Å²) in [6.45, 7) is 0. The predicted molar refractivity (Wildman–Crippen MR) is 67.0 cm³/mol. The van der Waals surface area contributed by atoms with Gasteiger partial charge in [0.05, 0.1) is 5.69 Å². The standard InChI is InChI=1S/C7H6N4S.Cl2O2S/c12-7-8-9-10-11(7)6-4-2-1-3-5-6;1-5(2,3)4/h1-5H,(H,8,10,12);. The van der Waals surface area contributed by atoms with Crippen LogP contribution in [0.4, 0.5) is 0 Å². The number of tetrazole rings is 1. The Balaban J connectivity index is 0.000000249. The largest absolute Gasteiger partial charge is 0.317 e. The lowest BCUT2D eigenvalue weighted by atomic mass is 10.3. The fourth-order valence-corrected chi connectivity index (χ4v) is 1.11. The number of para-hydroxylation sites is 1. The van der Waals surface area contributed by atoms with E-state index >= 15 is 0 Å². The van der Waals surface area contributed by atoms with Crippen LogP contribution in [0.25, 0.3) is 5.69 Å². The lowest BCUT2D eigenvalue weighted by molar-refractivity contribution is 0.621. The van der Waals surface area contributed by atoms with E-state index in [0.29, 0.717) is 5.16 Å². The van der Waals surface area contributed by atoms with Crippen molar-refractivity contribution in [3.05, 3.63) is 30.3 Å². The van der Waals surface area contributed by atoms with Crippen molar-refractivity contribution in [3.63, 3.8) is 0 Å². The zero-order valence-electron chi connectivity index (χ0n) is 8.10. The molecule has 1 aromatic carbocycles. The van der Waals surface area contributed by atoms with Crippen LogP contribution in [-0.4, -0.2) is 28.6 Å². The summed E-state index contributed by atoms with van der Waals surface area (Å²) >= 11 is 4.09. The fraction of sp³-hybridized carbons (Fsp3) is 0. The number of hydrogen-bond donors (Lipinski definition) is 1. The second-order valence-electron chi connectivity index (χ2n) is 2.60. The van der Waals surface area contributed by atoms with E-state index in [-0.39, 0.29) is 0 Å². The van der Waals surface area contributed by atoms with Crippen molar-refractivity contribution in [2.75, 3.05) is 0 Å². The Kier molecular flexibility index (Phi) is 5.19. The van der Waals surface area contributed by atoms with Crippen molar-refractivity contribution in [2.24, 2.45) is 0 Å². The monoisotopic (exact) mass is 312 g/mol. The van der Waals surface area contributed by atoms with E-state index in [0.717, 1.165) is 5.69 Å². The molecule has 0 saturated carbocycles. The quantitative estimate of drug-likeness (QED) is 0.640. The van der Waals surface area contributed by atoms with Gasteiger partial charge < -0.3 is 0 Å². The van der Waals surface area contributed by atoms with E-state index in [2.05, 4.69) is 49.5 Å². The smallest absolute Gasteiger partial charge is 0.195 e. The van der Waals surface area contributed by atoms with Gasteiger partial charge >= 0.3 is 8.26 Å². The molecule has 2 aromatic rings. The first-order valence-corrected chi connectivity index (χ1v) is 7.63. The molecule has 92 valence electrons. The molecule has 2 rings (SSSR count). The van der Waals surface area contributed by atoms with Crippen LogP contribution < -0.4 is 0 Å². The Morgan fingerprint density at radius 2 is 1.71 bits per heavy atom. The van der Waals surface area contributed by atoms with Gasteiger partial charge in [0.1, 0.15) is 0 Å². The van der Waals surface area contributed by atoms with Crippen LogP contribution in [0, 0.1) is 0 Å². The Morgan fingerprint density at radius 1 is 1.18 bits per heavy atom. The van der Waals surface area contributed by atoms with Crippen molar-refractivity contribution in [1.29, 1.82) is 0 Å². The molecule has 0 N–H and O–H groups in total. The highest BCUT2D eigenvalue weighted by molar-refractivity contribution is 8.31. The highest BCUT2D eigenvalue weighted by Crippen LogP contribution is 2.08. The van der Waals surface area contributed by atoms with Crippen LogP contribution >= 0.6 is 34.0 Å². The van der Waals surface area contributed by atoms with E-state index in [4.69, 9.17) is 8.42 Å². The van der Waals surface area contributed by atoms with E-state index in [1.165, 1.54) is 0 Å². The van der Waals surface area contributed by atoms with E-state index in [9.17, 15) is 0 Å². The molecule has 0 bridgehead atoms. The van der Waals surface area contributed by atoms with Crippen LogP contribution in [0.1, 0.15) is 0 Å². The second-order valence-corrected chi connectivity index (χ2v) is 6.67. The first kappa shape index (κ1) is 14.2. The van der Waals surface area contributed by atoms with Crippen LogP contribution in [0.15, 0.2) is 35.5 Å². The molecule has 0 atom stereocenters. The van der Waals surface area contributed by atoms with E-state index < -0.39 is 8.26 Å². The van der Waals surface area contributed by atoms with Gasteiger partial charge in [-0.3, -0.25) is 0 Å². The molecule has 0 fully saturated rings. The summed E-state index contributed by atoms with van der Waals surface area (Å²) in [5.41, 5.74) is 0.910. The predicted octanol–water partition coefficient (Wildman–Crippen LogP) is 1.66. The molecule has 0 radical (unpaired) electrons. The van der Waals surface area contributed by atoms with Crippen molar-refractivity contribution in [1.82, 2.24) is 20.2 Å². The lowest BCUT2D eigenvalue weighted by Crippen LogP contribution is -1.96. The molecule has 17 heavy (non-hydrogen) atoms. The number of nitrogens with zero attached hydrogens (tertiary/aromatic N) is 4. The summed E-state index contributed by atoms with van der Waals surface area (Å²) in [5.74, 6) is 0. The van der Waals surface area contributed by atoms with Gasteiger partial charge in [0, 0.05) is 21.4 Å². The van der Waals surface area contributed by atoms with Crippen LogP contribution in [0.2, 0.25) is 0 Å². The third kappa shape index (κ3) is 5.87. The number of rotatable bonds is 1. The third-order valence-corrected chi connectivity index (χ3v) is 1.73. The summed E-state index contributed by atoms with van der Waals surface area (Å²) in [5, 5.41) is 11.4. The van der Waals surface area contributed by atoms with Crippen molar-refractivity contribution in [2.45, 2.75) is 5.16 Å². The fourth-order valence-electron chi connectivity index (χ4n) is 0.919. The Bertz CT molecular complexity index is 565. The molecule has 0 amide bonds. The molecule has 0 unspecified atom stereocenters. The Morgan fingerprint density at radius 3 is 2.12 bits per heavy atom. The summed E-state index contributed by atoms with van der Waals surface area (Å²) in [6.07, 6.45) is 0.